The molecule has 1 aromatic carbocycles. The maximum absolute atomic E-state index is 5.88. The quantitative estimate of drug-likeness (QED) is 0.741. The summed E-state index contributed by atoms with van der Waals surface area (Å²) in [4.78, 5) is 0. The van der Waals surface area contributed by atoms with Crippen molar-refractivity contribution in [2.24, 2.45) is 5.73 Å². The highest BCUT2D eigenvalue weighted by Gasteiger charge is 2.09. The van der Waals surface area contributed by atoms with E-state index in [1.807, 2.05) is 32.0 Å². The maximum atomic E-state index is 5.88. The van der Waals surface area contributed by atoms with Crippen molar-refractivity contribution in [3.05, 3.63) is 23.8 Å². The molecule has 0 saturated heterocycles. The first-order valence-corrected chi connectivity index (χ1v) is 5.83. The zero-order chi connectivity index (χ0) is 12.7. The third kappa shape index (κ3) is 4.24. The van der Waals surface area contributed by atoms with Gasteiger partial charge in [0.15, 0.2) is 0 Å². The molecule has 1 atom stereocenters. The lowest BCUT2D eigenvalue weighted by molar-refractivity contribution is 0.109. The van der Waals surface area contributed by atoms with Gasteiger partial charge in [0.05, 0.1) is 13.7 Å². The average Bonchev–Trinajstić information content (AvgIpc) is 2.34. The molecule has 0 heterocycles. The molecule has 0 spiro atoms. The van der Waals surface area contributed by atoms with E-state index in [0.29, 0.717) is 19.8 Å². The predicted octanol–water partition coefficient (Wildman–Crippen LogP) is 2.13. The van der Waals surface area contributed by atoms with Gasteiger partial charge in [-0.25, -0.2) is 0 Å². The van der Waals surface area contributed by atoms with Crippen molar-refractivity contribution >= 4 is 0 Å². The number of benzene rings is 1. The first-order valence-electron chi connectivity index (χ1n) is 5.83. The third-order valence-corrected chi connectivity index (χ3v) is 2.40. The fraction of sp³-hybridized carbons (Fsp3) is 0.538. The molecule has 0 radical (unpaired) electrons. The Kier molecular flexibility index (Phi) is 5.80. The van der Waals surface area contributed by atoms with Crippen LogP contribution in [0.5, 0.6) is 11.5 Å². The van der Waals surface area contributed by atoms with E-state index in [9.17, 15) is 0 Å². The summed E-state index contributed by atoms with van der Waals surface area (Å²) >= 11 is 0. The lowest BCUT2D eigenvalue weighted by atomic mass is 10.1. The maximum Gasteiger partial charge on any atom is 0.127 e. The molecule has 0 saturated carbocycles. The van der Waals surface area contributed by atoms with Crippen LogP contribution in [-0.2, 0) is 4.74 Å². The Hall–Kier alpha value is -1.26. The molecule has 0 unspecified atom stereocenters. The summed E-state index contributed by atoms with van der Waals surface area (Å²) in [6, 6.07) is 5.60. The minimum Gasteiger partial charge on any atom is -0.497 e. The molecule has 1 aromatic rings. The van der Waals surface area contributed by atoms with Crippen LogP contribution in [0.25, 0.3) is 0 Å². The Morgan fingerprint density at radius 1 is 1.29 bits per heavy atom. The molecule has 4 heteroatoms. The van der Waals surface area contributed by atoms with E-state index < -0.39 is 0 Å². The van der Waals surface area contributed by atoms with Gasteiger partial charge in [-0.15, -0.1) is 0 Å². The van der Waals surface area contributed by atoms with Gasteiger partial charge in [-0.2, -0.15) is 0 Å². The number of hydrogen-bond donors (Lipinski definition) is 1. The molecule has 0 amide bonds. The summed E-state index contributed by atoms with van der Waals surface area (Å²) in [5.74, 6) is 1.53. The second-order valence-electron chi connectivity index (χ2n) is 3.74. The summed E-state index contributed by atoms with van der Waals surface area (Å²) in [5.41, 5.74) is 6.86. The fourth-order valence-corrected chi connectivity index (χ4v) is 1.50. The zero-order valence-electron chi connectivity index (χ0n) is 10.7. The Morgan fingerprint density at radius 3 is 2.65 bits per heavy atom. The van der Waals surface area contributed by atoms with Gasteiger partial charge in [0.1, 0.15) is 18.1 Å². The van der Waals surface area contributed by atoms with Gasteiger partial charge in [-0.3, -0.25) is 0 Å². The molecule has 17 heavy (non-hydrogen) atoms. The van der Waals surface area contributed by atoms with Gasteiger partial charge < -0.3 is 19.9 Å². The van der Waals surface area contributed by atoms with Crippen LogP contribution in [0.2, 0.25) is 0 Å². The van der Waals surface area contributed by atoms with Gasteiger partial charge in [-0.05, 0) is 19.9 Å². The van der Waals surface area contributed by atoms with Crippen LogP contribution in [0, 0.1) is 0 Å². The molecular formula is C13H21NO3. The number of hydrogen-bond acceptors (Lipinski definition) is 4. The van der Waals surface area contributed by atoms with Crippen LogP contribution in [0.1, 0.15) is 25.5 Å². The first kappa shape index (κ1) is 13.8. The molecule has 2 N–H and O–H groups in total. The van der Waals surface area contributed by atoms with Gasteiger partial charge in [0, 0.05) is 24.3 Å². The van der Waals surface area contributed by atoms with Crippen LogP contribution in [0.3, 0.4) is 0 Å². The molecule has 0 bridgehead atoms. The number of methoxy groups -OCH3 is 1. The van der Waals surface area contributed by atoms with Crippen LogP contribution in [0.4, 0.5) is 0 Å². The normalized spacial score (nSPS) is 12.2. The van der Waals surface area contributed by atoms with Crippen LogP contribution in [0.15, 0.2) is 18.2 Å². The highest BCUT2D eigenvalue weighted by Crippen LogP contribution is 2.28. The van der Waals surface area contributed by atoms with Crippen molar-refractivity contribution in [1.29, 1.82) is 0 Å². The minimum absolute atomic E-state index is 0.0667. The number of nitrogens with two attached hydrogens (primary N) is 1. The molecule has 1 rings (SSSR count). The SMILES string of the molecule is CCOCCOc1cc(OC)ccc1[C@@H](C)N. The van der Waals surface area contributed by atoms with Crippen molar-refractivity contribution < 1.29 is 14.2 Å². The Balaban J connectivity index is 2.71. The van der Waals surface area contributed by atoms with E-state index in [4.69, 9.17) is 19.9 Å². The van der Waals surface area contributed by atoms with Crippen molar-refractivity contribution in [3.63, 3.8) is 0 Å². The smallest absolute Gasteiger partial charge is 0.127 e. The molecule has 96 valence electrons. The summed E-state index contributed by atoms with van der Waals surface area (Å²) in [5, 5.41) is 0. The standard InChI is InChI=1S/C13H21NO3/c1-4-16-7-8-17-13-9-11(15-3)5-6-12(13)10(2)14/h5-6,9-10H,4,7-8,14H2,1-3H3/t10-/m1/s1. The second-order valence-corrected chi connectivity index (χ2v) is 3.74. The molecular weight excluding hydrogens is 218 g/mol. The molecule has 0 aliphatic rings. The molecule has 0 aromatic heterocycles. The Morgan fingerprint density at radius 2 is 2.06 bits per heavy atom. The molecule has 4 nitrogen and oxygen atoms in total. The second kappa shape index (κ2) is 7.14. The van der Waals surface area contributed by atoms with Gasteiger partial charge in [0.25, 0.3) is 0 Å². The minimum atomic E-state index is -0.0667. The highest BCUT2D eigenvalue weighted by molar-refractivity contribution is 5.42. The van der Waals surface area contributed by atoms with E-state index in [1.165, 1.54) is 0 Å². The number of rotatable bonds is 7. The highest BCUT2D eigenvalue weighted by atomic mass is 16.5. The van der Waals surface area contributed by atoms with Gasteiger partial charge in [0.2, 0.25) is 0 Å². The molecule has 0 aliphatic heterocycles. The first-order chi connectivity index (χ1) is 8.19. The summed E-state index contributed by atoms with van der Waals surface area (Å²) in [7, 11) is 1.63. The van der Waals surface area contributed by atoms with Crippen LogP contribution < -0.4 is 15.2 Å². The molecule has 0 aliphatic carbocycles. The van der Waals surface area contributed by atoms with E-state index in [1.54, 1.807) is 7.11 Å². The number of ether oxygens (including phenoxy) is 3. The van der Waals surface area contributed by atoms with Crippen LogP contribution in [-0.4, -0.2) is 26.9 Å². The Labute approximate surface area is 103 Å². The summed E-state index contributed by atoms with van der Waals surface area (Å²) in [6.07, 6.45) is 0. The summed E-state index contributed by atoms with van der Waals surface area (Å²) in [6.45, 7) is 5.67. The third-order valence-electron chi connectivity index (χ3n) is 2.40. The predicted molar refractivity (Wildman–Crippen MR) is 67.6 cm³/mol. The van der Waals surface area contributed by atoms with E-state index in [-0.39, 0.29) is 6.04 Å². The fourth-order valence-electron chi connectivity index (χ4n) is 1.50. The summed E-state index contributed by atoms with van der Waals surface area (Å²) < 4.78 is 16.0. The monoisotopic (exact) mass is 239 g/mol. The van der Waals surface area contributed by atoms with Gasteiger partial charge in [-0.1, -0.05) is 6.07 Å². The van der Waals surface area contributed by atoms with E-state index >= 15 is 0 Å². The lowest BCUT2D eigenvalue weighted by Crippen LogP contribution is -2.11. The van der Waals surface area contributed by atoms with Crippen molar-refractivity contribution in [1.82, 2.24) is 0 Å². The van der Waals surface area contributed by atoms with E-state index in [0.717, 1.165) is 17.1 Å². The van der Waals surface area contributed by atoms with Crippen LogP contribution >= 0.6 is 0 Å². The largest absolute Gasteiger partial charge is 0.497 e. The van der Waals surface area contributed by atoms with Crippen molar-refractivity contribution in [3.8, 4) is 11.5 Å². The van der Waals surface area contributed by atoms with E-state index in [2.05, 4.69) is 0 Å². The Bertz CT molecular complexity index is 339. The molecule has 0 fully saturated rings. The lowest BCUT2D eigenvalue weighted by Gasteiger charge is -2.15. The van der Waals surface area contributed by atoms with Gasteiger partial charge >= 0.3 is 0 Å². The zero-order valence-corrected chi connectivity index (χ0v) is 10.7. The topological polar surface area (TPSA) is 53.7 Å². The van der Waals surface area contributed by atoms with Crippen molar-refractivity contribution in [2.75, 3.05) is 26.9 Å². The van der Waals surface area contributed by atoms with Crippen molar-refractivity contribution in [2.45, 2.75) is 19.9 Å². The average molecular weight is 239 g/mol.